The molecule has 1 aromatic heterocycles. The first-order chi connectivity index (χ1) is 13.2. The van der Waals surface area contributed by atoms with Crippen molar-refractivity contribution in [1.29, 1.82) is 5.26 Å². The van der Waals surface area contributed by atoms with Crippen LogP contribution < -0.4 is 5.32 Å². The predicted octanol–water partition coefficient (Wildman–Crippen LogP) is 4.20. The lowest BCUT2D eigenvalue weighted by Crippen LogP contribution is -2.10. The van der Waals surface area contributed by atoms with E-state index in [1.54, 1.807) is 12.1 Å². The summed E-state index contributed by atoms with van der Waals surface area (Å²) in [5.41, 5.74) is -0.128. The van der Waals surface area contributed by atoms with E-state index in [9.17, 15) is 22.8 Å². The van der Waals surface area contributed by atoms with Gasteiger partial charge < -0.3 is 10.4 Å². The lowest BCUT2D eigenvalue weighted by molar-refractivity contribution is -0.138. The monoisotopic (exact) mass is 407 g/mol. The third kappa shape index (κ3) is 6.14. The topological polar surface area (TPSA) is 103 Å². The van der Waals surface area contributed by atoms with Crippen LogP contribution in [-0.2, 0) is 15.8 Å². The Bertz CT molecular complexity index is 951. The Balaban J connectivity index is 2.30. The number of carboxylic acid groups (broad SMARTS) is 1. The number of aliphatic carboxylic acids is 1. The van der Waals surface area contributed by atoms with Crippen molar-refractivity contribution < 1.29 is 27.9 Å². The molecule has 2 rings (SSSR count). The number of carboxylic acids is 1. The highest BCUT2D eigenvalue weighted by Crippen LogP contribution is 2.34. The molecule has 1 aromatic carbocycles. The maximum atomic E-state index is 12.6. The molecule has 0 saturated heterocycles. The molecule has 0 aliphatic carbocycles. The van der Waals surface area contributed by atoms with Crippen LogP contribution in [0.1, 0.15) is 17.5 Å². The van der Waals surface area contributed by atoms with Gasteiger partial charge in [0.15, 0.2) is 0 Å². The van der Waals surface area contributed by atoms with E-state index in [2.05, 4.69) is 10.3 Å². The van der Waals surface area contributed by atoms with Crippen LogP contribution in [0.25, 0.3) is 6.08 Å². The van der Waals surface area contributed by atoms with Crippen molar-refractivity contribution in [2.45, 2.75) is 22.5 Å². The summed E-state index contributed by atoms with van der Waals surface area (Å²) >= 11 is 1.04. The van der Waals surface area contributed by atoms with Gasteiger partial charge in [-0.05, 0) is 42.0 Å². The molecule has 0 spiro atoms. The standard InChI is InChI=1S/C18H12F3N3O3S/c19-18(20,21)12-2-5-16(23-10-12)28-14-4-3-13(24-15(25)7-8-22)9-11(14)1-6-17(26)27/h1-6,9-10H,7H2,(H,24,25)(H,26,27). The Labute approximate surface area is 161 Å². The van der Waals surface area contributed by atoms with Crippen molar-refractivity contribution in [3.63, 3.8) is 0 Å². The summed E-state index contributed by atoms with van der Waals surface area (Å²) in [6, 6.07) is 8.39. The molecule has 1 amide bonds. The molecular weight excluding hydrogens is 395 g/mol. The number of carbonyl (C=O) groups excluding carboxylic acids is 1. The summed E-state index contributed by atoms with van der Waals surface area (Å²) in [4.78, 5) is 26.6. The van der Waals surface area contributed by atoms with E-state index in [1.165, 1.54) is 24.3 Å². The number of amides is 1. The van der Waals surface area contributed by atoms with E-state index in [0.29, 0.717) is 22.3 Å². The van der Waals surface area contributed by atoms with Gasteiger partial charge >= 0.3 is 12.1 Å². The molecule has 0 aliphatic rings. The van der Waals surface area contributed by atoms with Crippen molar-refractivity contribution in [2.75, 3.05) is 5.32 Å². The minimum Gasteiger partial charge on any atom is -0.478 e. The Hall–Kier alpha value is -3.32. The van der Waals surface area contributed by atoms with Crippen molar-refractivity contribution in [1.82, 2.24) is 4.98 Å². The van der Waals surface area contributed by atoms with Crippen LogP contribution >= 0.6 is 11.8 Å². The van der Waals surface area contributed by atoms with Gasteiger partial charge in [-0.15, -0.1) is 0 Å². The number of hydrogen-bond donors (Lipinski definition) is 2. The van der Waals surface area contributed by atoms with E-state index in [0.717, 1.165) is 23.9 Å². The fourth-order valence-electron chi connectivity index (χ4n) is 2.01. The molecule has 2 N–H and O–H groups in total. The molecule has 0 bridgehead atoms. The van der Waals surface area contributed by atoms with Gasteiger partial charge in [-0.25, -0.2) is 9.78 Å². The number of carbonyl (C=O) groups is 2. The number of benzene rings is 1. The van der Waals surface area contributed by atoms with E-state index < -0.39 is 23.6 Å². The largest absolute Gasteiger partial charge is 0.478 e. The van der Waals surface area contributed by atoms with Crippen LogP contribution in [0.5, 0.6) is 0 Å². The fourth-order valence-corrected chi connectivity index (χ4v) is 2.86. The van der Waals surface area contributed by atoms with Gasteiger partial charge in [0.25, 0.3) is 0 Å². The normalized spacial score (nSPS) is 11.2. The lowest BCUT2D eigenvalue weighted by Gasteiger charge is -2.10. The van der Waals surface area contributed by atoms with E-state index in [1.807, 2.05) is 0 Å². The van der Waals surface area contributed by atoms with E-state index >= 15 is 0 Å². The second-order valence-corrected chi connectivity index (χ2v) is 6.35. The van der Waals surface area contributed by atoms with Crippen molar-refractivity contribution in [2.24, 2.45) is 0 Å². The van der Waals surface area contributed by atoms with Gasteiger partial charge in [0.05, 0.1) is 11.6 Å². The van der Waals surface area contributed by atoms with Crippen molar-refractivity contribution >= 4 is 35.4 Å². The van der Waals surface area contributed by atoms with E-state index in [4.69, 9.17) is 10.4 Å². The number of aromatic nitrogens is 1. The molecule has 6 nitrogen and oxygen atoms in total. The van der Waals surface area contributed by atoms with Crippen LogP contribution in [-0.4, -0.2) is 22.0 Å². The molecule has 0 radical (unpaired) electrons. The molecule has 0 saturated carbocycles. The average Bonchev–Trinajstić information content (AvgIpc) is 2.61. The first-order valence-corrected chi connectivity index (χ1v) is 8.43. The summed E-state index contributed by atoms with van der Waals surface area (Å²) in [6.07, 6.45) is -1.94. The van der Waals surface area contributed by atoms with Gasteiger partial charge in [-0.2, -0.15) is 18.4 Å². The van der Waals surface area contributed by atoms with Gasteiger partial charge in [0.1, 0.15) is 11.4 Å². The summed E-state index contributed by atoms with van der Waals surface area (Å²) in [6.45, 7) is 0. The average molecular weight is 407 g/mol. The van der Waals surface area contributed by atoms with Gasteiger partial charge in [-0.3, -0.25) is 4.79 Å². The molecule has 28 heavy (non-hydrogen) atoms. The second-order valence-electron chi connectivity index (χ2n) is 5.29. The molecule has 144 valence electrons. The number of anilines is 1. The zero-order valence-corrected chi connectivity index (χ0v) is 14.8. The van der Waals surface area contributed by atoms with Crippen LogP contribution in [0, 0.1) is 11.3 Å². The Morgan fingerprint density at radius 1 is 1.29 bits per heavy atom. The Morgan fingerprint density at radius 2 is 2.04 bits per heavy atom. The molecule has 0 unspecified atom stereocenters. The quantitative estimate of drug-likeness (QED) is 0.696. The van der Waals surface area contributed by atoms with Gasteiger partial charge in [-0.1, -0.05) is 11.8 Å². The minimum absolute atomic E-state index is 0.277. The first kappa shape index (κ1) is 21.0. The number of nitriles is 1. The number of halogens is 3. The summed E-state index contributed by atoms with van der Waals surface area (Å²) in [5, 5.41) is 20.1. The highest BCUT2D eigenvalue weighted by atomic mass is 32.2. The molecule has 2 aromatic rings. The van der Waals surface area contributed by atoms with E-state index in [-0.39, 0.29) is 11.4 Å². The molecule has 0 atom stereocenters. The molecular formula is C18H12F3N3O3S. The third-order valence-corrected chi connectivity index (χ3v) is 4.26. The zero-order chi connectivity index (χ0) is 20.7. The van der Waals surface area contributed by atoms with Gasteiger partial charge in [0, 0.05) is 22.9 Å². The maximum Gasteiger partial charge on any atom is 0.417 e. The predicted molar refractivity (Wildman–Crippen MR) is 95.3 cm³/mol. The van der Waals surface area contributed by atoms with Crippen LogP contribution in [0.3, 0.4) is 0 Å². The van der Waals surface area contributed by atoms with Gasteiger partial charge in [0.2, 0.25) is 5.91 Å². The highest BCUT2D eigenvalue weighted by molar-refractivity contribution is 7.99. The SMILES string of the molecule is N#CCC(=O)Nc1ccc(Sc2ccc(C(F)(F)F)cn2)c(C=CC(=O)O)c1. The lowest BCUT2D eigenvalue weighted by atomic mass is 10.2. The van der Waals surface area contributed by atoms with Crippen LogP contribution in [0.2, 0.25) is 0 Å². The zero-order valence-electron chi connectivity index (χ0n) is 14.0. The minimum atomic E-state index is -4.49. The number of hydrogen-bond acceptors (Lipinski definition) is 5. The number of pyridine rings is 1. The number of rotatable bonds is 6. The molecule has 0 fully saturated rings. The number of nitrogens with zero attached hydrogens (tertiary/aromatic N) is 2. The number of alkyl halides is 3. The molecule has 1 heterocycles. The van der Waals surface area contributed by atoms with Crippen molar-refractivity contribution in [3.8, 4) is 6.07 Å². The van der Waals surface area contributed by atoms with Crippen LogP contribution in [0.4, 0.5) is 18.9 Å². The smallest absolute Gasteiger partial charge is 0.417 e. The van der Waals surface area contributed by atoms with Crippen molar-refractivity contribution in [3.05, 3.63) is 53.7 Å². The third-order valence-electron chi connectivity index (χ3n) is 3.22. The molecule has 0 aliphatic heterocycles. The highest BCUT2D eigenvalue weighted by Gasteiger charge is 2.30. The Morgan fingerprint density at radius 3 is 2.61 bits per heavy atom. The Kier molecular flexibility index (Phi) is 6.79. The van der Waals surface area contributed by atoms with Crippen LogP contribution in [0.15, 0.2) is 52.5 Å². The summed E-state index contributed by atoms with van der Waals surface area (Å²) in [5.74, 6) is -1.72. The summed E-state index contributed by atoms with van der Waals surface area (Å²) in [7, 11) is 0. The fraction of sp³-hybridized carbons (Fsp3) is 0.111. The number of nitrogens with one attached hydrogen (secondary N) is 1. The second kappa shape index (κ2) is 9.05. The maximum absolute atomic E-state index is 12.6. The molecule has 10 heteroatoms. The summed E-state index contributed by atoms with van der Waals surface area (Å²) < 4.78 is 37.9. The first-order valence-electron chi connectivity index (χ1n) is 7.62.